The first-order chi connectivity index (χ1) is 16.9. The molecule has 2 aliphatic rings. The zero-order valence-electron chi connectivity index (χ0n) is 19.2. The number of hydrogen-bond donors (Lipinski definition) is 3. The second-order valence-electron chi connectivity index (χ2n) is 9.43. The Hall–Kier alpha value is -2.68. The molecule has 0 bridgehead atoms. The van der Waals surface area contributed by atoms with Crippen LogP contribution in [0.3, 0.4) is 0 Å². The summed E-state index contributed by atoms with van der Waals surface area (Å²) in [5.41, 5.74) is -6.85. The molecule has 1 heterocycles. The molecule has 1 atom stereocenters. The molecule has 1 aliphatic carbocycles. The number of hydrogen-bond acceptors (Lipinski definition) is 6. The number of nitrogens with one attached hydrogen (secondary N) is 1. The average Bonchev–Trinajstić information content (AvgIpc) is 3.37. The van der Waals surface area contributed by atoms with Crippen molar-refractivity contribution in [1.29, 1.82) is 0 Å². The summed E-state index contributed by atoms with van der Waals surface area (Å²) >= 11 is 0. The van der Waals surface area contributed by atoms with Crippen LogP contribution in [0.4, 0.5) is 32.0 Å². The van der Waals surface area contributed by atoms with Crippen molar-refractivity contribution >= 4 is 21.4 Å². The molecule has 0 radical (unpaired) electrons. The van der Waals surface area contributed by atoms with Crippen LogP contribution >= 0.6 is 0 Å². The van der Waals surface area contributed by atoms with E-state index in [-0.39, 0.29) is 17.1 Å². The van der Waals surface area contributed by atoms with Crippen LogP contribution in [-0.4, -0.2) is 60.2 Å². The molecule has 1 fully saturated rings. The Morgan fingerprint density at radius 2 is 1.62 bits per heavy atom. The first-order valence-electron chi connectivity index (χ1n) is 10.9. The van der Waals surface area contributed by atoms with Crippen molar-refractivity contribution in [1.82, 2.24) is 4.90 Å². The van der Waals surface area contributed by atoms with Gasteiger partial charge in [0.1, 0.15) is 6.04 Å². The molecule has 14 heteroatoms. The lowest BCUT2D eigenvalue weighted by Crippen LogP contribution is -2.53. The predicted molar refractivity (Wildman–Crippen MR) is 118 cm³/mol. The van der Waals surface area contributed by atoms with E-state index in [1.54, 1.807) is 11.9 Å². The number of benzene rings is 2. The Balaban J connectivity index is 1.54. The molecule has 0 spiro atoms. The topological polar surface area (TPSA) is 107 Å². The molecule has 3 N–H and O–H groups in total. The molecule has 1 saturated carbocycles. The van der Waals surface area contributed by atoms with Crippen molar-refractivity contribution in [2.45, 2.75) is 53.9 Å². The highest BCUT2D eigenvalue weighted by molar-refractivity contribution is 7.91. The van der Waals surface area contributed by atoms with Gasteiger partial charge in [0, 0.05) is 17.8 Å². The van der Waals surface area contributed by atoms with Gasteiger partial charge in [-0.3, -0.25) is 9.69 Å². The molecule has 0 saturated heterocycles. The van der Waals surface area contributed by atoms with Gasteiger partial charge in [-0.2, -0.15) is 26.3 Å². The summed E-state index contributed by atoms with van der Waals surface area (Å²) in [7, 11) is -2.18. The number of anilines is 1. The third-order valence-corrected chi connectivity index (χ3v) is 8.44. The summed E-state index contributed by atoms with van der Waals surface area (Å²) in [6.07, 6.45) is -11.3. The summed E-state index contributed by atoms with van der Waals surface area (Å²) in [4.78, 5) is 14.5. The molecule has 2 aromatic carbocycles. The van der Waals surface area contributed by atoms with Gasteiger partial charge in [0.25, 0.3) is 5.60 Å². The van der Waals surface area contributed by atoms with Crippen molar-refractivity contribution in [2.24, 2.45) is 0 Å². The highest BCUT2D eigenvalue weighted by Crippen LogP contribution is 2.50. The Bertz CT molecular complexity index is 1310. The predicted octanol–water partition coefficient (Wildman–Crippen LogP) is 3.42. The normalized spacial score (nSPS) is 20.0. The zero-order valence-corrected chi connectivity index (χ0v) is 20.0. The van der Waals surface area contributed by atoms with E-state index in [2.05, 4.69) is 5.32 Å². The van der Waals surface area contributed by atoms with E-state index in [0.29, 0.717) is 36.1 Å². The molecule has 1 unspecified atom stereocenters. The van der Waals surface area contributed by atoms with Crippen molar-refractivity contribution in [3.05, 3.63) is 59.2 Å². The lowest BCUT2D eigenvalue weighted by Gasteiger charge is -2.32. The van der Waals surface area contributed by atoms with Crippen molar-refractivity contribution in [3.8, 4) is 0 Å². The van der Waals surface area contributed by atoms with Crippen molar-refractivity contribution < 1.29 is 49.8 Å². The smallest absolute Gasteiger partial charge is 0.389 e. The third-order valence-electron chi connectivity index (χ3n) is 6.55. The molecular weight excluding hydrogens is 530 g/mol. The molecule has 4 rings (SSSR count). The fourth-order valence-electron chi connectivity index (χ4n) is 4.34. The number of sulfone groups is 1. The lowest BCUT2D eigenvalue weighted by molar-refractivity contribution is -0.376. The maximum Gasteiger partial charge on any atom is 0.430 e. The molecule has 37 heavy (non-hydrogen) atoms. The first kappa shape index (κ1) is 27.4. The van der Waals surface area contributed by atoms with E-state index < -0.39 is 56.7 Å². The number of carbonyl (C=O) groups excluding carboxylic acids is 1. The highest BCUT2D eigenvalue weighted by Gasteiger charge is 2.71. The minimum atomic E-state index is -6.03. The number of fused-ring (bicyclic) bond motifs is 1. The standard InChI is InChI=1S/C23H22F6N2O5S/c1-31-11-13-10-16(37(35,36)12-20(33)8-9-20)6-7-17(13)18(31)19(32)30-15-4-2-14(3-5-15)21(34,22(24,25)26)23(27,28)29/h2-7,10,18,33-34H,8-9,11-12H2,1H3,(H,30,32). The van der Waals surface area contributed by atoms with Crippen molar-refractivity contribution in [2.75, 3.05) is 18.1 Å². The van der Waals surface area contributed by atoms with E-state index in [1.165, 1.54) is 18.2 Å². The molecule has 202 valence electrons. The van der Waals surface area contributed by atoms with E-state index in [1.807, 2.05) is 0 Å². The van der Waals surface area contributed by atoms with E-state index in [0.717, 1.165) is 12.1 Å². The third kappa shape index (κ3) is 4.94. The largest absolute Gasteiger partial charge is 0.430 e. The minimum Gasteiger partial charge on any atom is -0.389 e. The Morgan fingerprint density at radius 1 is 1.05 bits per heavy atom. The monoisotopic (exact) mass is 552 g/mol. The second kappa shape index (κ2) is 8.68. The number of likely N-dealkylation sites (N-methyl/N-ethyl adjacent to an activating group) is 1. The van der Waals surface area contributed by atoms with Gasteiger partial charge < -0.3 is 15.5 Å². The van der Waals surface area contributed by atoms with Crippen LogP contribution in [0.5, 0.6) is 0 Å². The number of aliphatic hydroxyl groups is 2. The maximum absolute atomic E-state index is 13.1. The summed E-state index contributed by atoms with van der Waals surface area (Å²) in [5.74, 6) is -1.06. The van der Waals surface area contributed by atoms with Gasteiger partial charge >= 0.3 is 12.4 Å². The number of nitrogens with zero attached hydrogens (tertiary/aromatic N) is 1. The Morgan fingerprint density at radius 3 is 2.14 bits per heavy atom. The van der Waals surface area contributed by atoms with Crippen LogP contribution in [0.1, 0.15) is 35.6 Å². The molecular formula is C23H22F6N2O5S. The summed E-state index contributed by atoms with van der Waals surface area (Å²) in [6, 6.07) is 5.76. The van der Waals surface area contributed by atoms with Gasteiger partial charge in [0.15, 0.2) is 9.84 Å². The van der Waals surface area contributed by atoms with Crippen LogP contribution in [0.25, 0.3) is 0 Å². The number of amides is 1. The zero-order chi connectivity index (χ0) is 27.6. The molecule has 0 aromatic heterocycles. The minimum absolute atomic E-state index is 0.00145. The fraction of sp³-hybridized carbons (Fsp3) is 0.435. The number of rotatable bonds is 6. The van der Waals surface area contributed by atoms with Gasteiger partial charge in [-0.05, 0) is 55.3 Å². The summed E-state index contributed by atoms with van der Waals surface area (Å²) in [6.45, 7) is 0.199. The molecule has 7 nitrogen and oxygen atoms in total. The average molecular weight is 552 g/mol. The van der Waals surface area contributed by atoms with Crippen LogP contribution in [0.15, 0.2) is 47.4 Å². The van der Waals surface area contributed by atoms with Crippen LogP contribution < -0.4 is 5.32 Å². The van der Waals surface area contributed by atoms with E-state index in [9.17, 15) is 49.8 Å². The highest BCUT2D eigenvalue weighted by atomic mass is 32.2. The van der Waals surface area contributed by atoms with Gasteiger partial charge in [0.2, 0.25) is 5.91 Å². The Kier molecular flexibility index (Phi) is 6.42. The van der Waals surface area contributed by atoms with Crippen LogP contribution in [-0.2, 0) is 26.8 Å². The van der Waals surface area contributed by atoms with Gasteiger partial charge in [0.05, 0.1) is 16.2 Å². The number of halogens is 6. The van der Waals surface area contributed by atoms with Gasteiger partial charge in [-0.25, -0.2) is 8.42 Å². The van der Waals surface area contributed by atoms with Gasteiger partial charge in [-0.1, -0.05) is 18.2 Å². The van der Waals surface area contributed by atoms with Crippen molar-refractivity contribution in [3.63, 3.8) is 0 Å². The van der Waals surface area contributed by atoms with Gasteiger partial charge in [-0.15, -0.1) is 0 Å². The SMILES string of the molecule is CN1Cc2cc(S(=O)(=O)CC3(O)CC3)ccc2C1C(=O)Nc1ccc(C(O)(C(F)(F)F)C(F)(F)F)cc1. The Labute approximate surface area is 207 Å². The summed E-state index contributed by atoms with van der Waals surface area (Å²) in [5, 5.41) is 21.9. The van der Waals surface area contributed by atoms with Crippen LogP contribution in [0, 0.1) is 0 Å². The fourth-order valence-corrected chi connectivity index (χ4v) is 6.10. The quantitative estimate of drug-likeness (QED) is 0.475. The number of alkyl halides is 6. The number of carbonyl (C=O) groups is 1. The molecule has 1 amide bonds. The summed E-state index contributed by atoms with van der Waals surface area (Å²) < 4.78 is 104. The molecule has 1 aliphatic heterocycles. The molecule has 2 aromatic rings. The maximum atomic E-state index is 13.1. The van der Waals surface area contributed by atoms with E-state index in [4.69, 9.17) is 0 Å². The van der Waals surface area contributed by atoms with E-state index >= 15 is 0 Å². The second-order valence-corrected chi connectivity index (χ2v) is 11.4. The first-order valence-corrected chi connectivity index (χ1v) is 12.6. The van der Waals surface area contributed by atoms with Crippen LogP contribution in [0.2, 0.25) is 0 Å². The lowest BCUT2D eigenvalue weighted by atomic mass is 9.92.